The van der Waals surface area contributed by atoms with E-state index in [1.54, 1.807) is 0 Å². The average Bonchev–Trinajstić information content (AvgIpc) is 3.28. The third-order valence-corrected chi connectivity index (χ3v) is 5.26. The zero-order valence-corrected chi connectivity index (χ0v) is 18.1. The number of carbonyl (C=O) groups is 1. The van der Waals surface area contributed by atoms with Crippen molar-refractivity contribution in [2.75, 3.05) is 11.4 Å². The third kappa shape index (κ3) is 4.98. The van der Waals surface area contributed by atoms with E-state index < -0.39 is 11.7 Å². The monoisotopic (exact) mass is 445 g/mol. The number of hydrogen-bond donors (Lipinski definition) is 2. The number of nitrogens with one attached hydrogen (secondary N) is 1. The summed E-state index contributed by atoms with van der Waals surface area (Å²) in [6.07, 6.45) is 4.58. The van der Waals surface area contributed by atoms with E-state index in [2.05, 4.69) is 27.0 Å². The minimum atomic E-state index is -1.05. The Bertz CT molecular complexity index is 1300. The van der Waals surface area contributed by atoms with E-state index in [4.69, 9.17) is 4.52 Å². The van der Waals surface area contributed by atoms with Crippen LogP contribution in [-0.2, 0) is 6.54 Å². The van der Waals surface area contributed by atoms with Gasteiger partial charge in [-0.2, -0.15) is 10.1 Å². The van der Waals surface area contributed by atoms with Gasteiger partial charge in [-0.3, -0.25) is 0 Å². The summed E-state index contributed by atoms with van der Waals surface area (Å²) in [6, 6.07) is 15.6. The molecule has 0 saturated carbocycles. The van der Waals surface area contributed by atoms with Gasteiger partial charge in [-0.25, -0.2) is 19.6 Å². The Labute approximate surface area is 189 Å². The second-order valence-electron chi connectivity index (χ2n) is 7.51. The van der Waals surface area contributed by atoms with Crippen LogP contribution in [0.2, 0.25) is 0 Å². The SMILES string of the molecule is CCCCN(Cc1ccc(-c2ccccc2-c2nc(=O)o[nH]2)cc1)c1ncncc1C(=O)O. The summed E-state index contributed by atoms with van der Waals surface area (Å²) in [5.74, 6) is -0.941. The van der Waals surface area contributed by atoms with Gasteiger partial charge in [0.05, 0.1) is 0 Å². The number of aromatic nitrogens is 4. The van der Waals surface area contributed by atoms with Crippen LogP contribution in [0.3, 0.4) is 0 Å². The van der Waals surface area contributed by atoms with Gasteiger partial charge in [0.2, 0.25) is 0 Å². The molecule has 0 atom stereocenters. The maximum atomic E-state index is 11.7. The molecule has 0 unspecified atom stereocenters. The molecule has 2 N–H and O–H groups in total. The van der Waals surface area contributed by atoms with Crippen LogP contribution in [0.1, 0.15) is 35.7 Å². The Morgan fingerprint density at radius 1 is 1.12 bits per heavy atom. The zero-order chi connectivity index (χ0) is 23.2. The van der Waals surface area contributed by atoms with E-state index in [9.17, 15) is 14.7 Å². The van der Waals surface area contributed by atoms with Crippen molar-refractivity contribution >= 4 is 11.8 Å². The Kier molecular flexibility index (Phi) is 6.58. The van der Waals surface area contributed by atoms with Crippen LogP contribution in [0.4, 0.5) is 5.82 Å². The predicted molar refractivity (Wildman–Crippen MR) is 123 cm³/mol. The van der Waals surface area contributed by atoms with Crippen LogP contribution in [0, 0.1) is 0 Å². The average molecular weight is 445 g/mol. The topological polar surface area (TPSA) is 125 Å². The molecule has 0 saturated heterocycles. The lowest BCUT2D eigenvalue weighted by Gasteiger charge is -2.25. The molecular formula is C24H23N5O4. The molecule has 2 aromatic heterocycles. The second kappa shape index (κ2) is 9.90. The third-order valence-electron chi connectivity index (χ3n) is 5.26. The van der Waals surface area contributed by atoms with E-state index in [0.29, 0.717) is 24.7 Å². The highest BCUT2D eigenvalue weighted by Crippen LogP contribution is 2.30. The van der Waals surface area contributed by atoms with Crippen molar-refractivity contribution in [3.05, 3.63) is 82.7 Å². The molecular weight excluding hydrogens is 422 g/mol. The summed E-state index contributed by atoms with van der Waals surface area (Å²) >= 11 is 0. The summed E-state index contributed by atoms with van der Waals surface area (Å²) in [7, 11) is 0. The molecule has 0 spiro atoms. The number of aromatic carboxylic acids is 1. The molecule has 4 rings (SSSR count). The number of nitrogens with zero attached hydrogens (tertiary/aromatic N) is 4. The Morgan fingerprint density at radius 2 is 1.88 bits per heavy atom. The van der Waals surface area contributed by atoms with Gasteiger partial charge in [-0.05, 0) is 23.1 Å². The summed E-state index contributed by atoms with van der Waals surface area (Å²) in [5, 5.41) is 12.1. The fourth-order valence-electron chi connectivity index (χ4n) is 3.63. The van der Waals surface area contributed by atoms with E-state index >= 15 is 0 Å². The normalized spacial score (nSPS) is 10.8. The van der Waals surface area contributed by atoms with Gasteiger partial charge in [0.25, 0.3) is 0 Å². The molecule has 0 aliphatic carbocycles. The lowest BCUT2D eigenvalue weighted by molar-refractivity contribution is 0.0696. The number of H-pyrrole nitrogens is 1. The Morgan fingerprint density at radius 3 is 2.55 bits per heavy atom. The van der Waals surface area contributed by atoms with Crippen LogP contribution in [0.15, 0.2) is 70.4 Å². The first-order chi connectivity index (χ1) is 16.1. The van der Waals surface area contributed by atoms with Gasteiger partial charge in [-0.1, -0.05) is 61.9 Å². The zero-order valence-electron chi connectivity index (χ0n) is 18.1. The van der Waals surface area contributed by atoms with Crippen LogP contribution < -0.4 is 10.7 Å². The first-order valence-corrected chi connectivity index (χ1v) is 10.6. The molecule has 0 radical (unpaired) electrons. The Hall–Kier alpha value is -4.27. The minimum absolute atomic E-state index is 0.0840. The number of unbranched alkanes of at least 4 members (excludes halogenated alkanes) is 1. The molecule has 33 heavy (non-hydrogen) atoms. The van der Waals surface area contributed by atoms with E-state index in [1.807, 2.05) is 53.4 Å². The standard InChI is InChI=1S/C24H23N5O4/c1-2-3-12-29(22-20(23(30)31)13-25-15-26-22)14-16-8-10-17(11-9-16)18-6-4-5-7-19(18)21-27-24(32)33-28-21/h4-11,13,15H,2-3,12,14H2,1H3,(H,30,31)(H,27,28,32). The smallest absolute Gasteiger partial charge is 0.460 e. The van der Waals surface area contributed by atoms with Crippen LogP contribution in [0.25, 0.3) is 22.5 Å². The van der Waals surface area contributed by atoms with Crippen molar-refractivity contribution in [3.63, 3.8) is 0 Å². The lowest BCUT2D eigenvalue weighted by Crippen LogP contribution is -2.27. The fourth-order valence-corrected chi connectivity index (χ4v) is 3.63. The van der Waals surface area contributed by atoms with Gasteiger partial charge in [0, 0.05) is 24.8 Å². The van der Waals surface area contributed by atoms with Crippen LogP contribution in [0.5, 0.6) is 0 Å². The molecule has 168 valence electrons. The number of benzene rings is 2. The summed E-state index contributed by atoms with van der Waals surface area (Å²) in [5.41, 5.74) is 3.71. The van der Waals surface area contributed by atoms with Gasteiger partial charge in [0.15, 0.2) is 5.82 Å². The predicted octanol–water partition coefficient (Wildman–Crippen LogP) is 3.99. The molecule has 2 aromatic carbocycles. The molecule has 0 amide bonds. The highest BCUT2D eigenvalue weighted by atomic mass is 16.5. The maximum absolute atomic E-state index is 11.7. The lowest BCUT2D eigenvalue weighted by atomic mass is 9.98. The van der Waals surface area contributed by atoms with Crippen molar-refractivity contribution < 1.29 is 14.4 Å². The molecule has 4 aromatic rings. The number of hydrogen-bond acceptors (Lipinski definition) is 7. The molecule has 0 bridgehead atoms. The quantitative estimate of drug-likeness (QED) is 0.396. The van der Waals surface area contributed by atoms with Crippen LogP contribution in [-0.4, -0.2) is 37.7 Å². The molecule has 0 aliphatic rings. The highest BCUT2D eigenvalue weighted by Gasteiger charge is 2.18. The van der Waals surface area contributed by atoms with Crippen molar-refractivity contribution in [3.8, 4) is 22.5 Å². The van der Waals surface area contributed by atoms with Crippen molar-refractivity contribution in [2.24, 2.45) is 0 Å². The van der Waals surface area contributed by atoms with Gasteiger partial charge < -0.3 is 14.5 Å². The molecule has 9 nitrogen and oxygen atoms in total. The number of anilines is 1. The number of rotatable bonds is 9. The molecule has 2 heterocycles. The van der Waals surface area contributed by atoms with E-state index in [-0.39, 0.29) is 5.56 Å². The number of carboxylic acid groups (broad SMARTS) is 1. The summed E-state index contributed by atoms with van der Waals surface area (Å²) in [6.45, 7) is 3.28. The van der Waals surface area contributed by atoms with Gasteiger partial charge >= 0.3 is 11.7 Å². The van der Waals surface area contributed by atoms with Gasteiger partial charge in [0.1, 0.15) is 17.7 Å². The van der Waals surface area contributed by atoms with Crippen molar-refractivity contribution in [2.45, 2.75) is 26.3 Å². The minimum Gasteiger partial charge on any atom is -0.477 e. The largest absolute Gasteiger partial charge is 0.477 e. The van der Waals surface area contributed by atoms with Crippen molar-refractivity contribution in [1.29, 1.82) is 0 Å². The molecule has 0 fully saturated rings. The maximum Gasteiger partial charge on any atom is 0.460 e. The first kappa shape index (κ1) is 21.9. The Balaban J connectivity index is 1.62. The number of carboxylic acids is 1. The number of aromatic amines is 1. The summed E-state index contributed by atoms with van der Waals surface area (Å²) in [4.78, 5) is 37.0. The second-order valence-corrected chi connectivity index (χ2v) is 7.51. The van der Waals surface area contributed by atoms with Crippen LogP contribution >= 0.6 is 0 Å². The van der Waals surface area contributed by atoms with E-state index in [1.165, 1.54) is 12.5 Å². The summed E-state index contributed by atoms with van der Waals surface area (Å²) < 4.78 is 4.72. The molecule has 0 aliphatic heterocycles. The fraction of sp³-hybridized carbons (Fsp3) is 0.208. The van der Waals surface area contributed by atoms with E-state index in [0.717, 1.165) is 35.1 Å². The highest BCUT2D eigenvalue weighted by molar-refractivity contribution is 5.92. The molecule has 9 heteroatoms. The first-order valence-electron chi connectivity index (χ1n) is 10.6. The van der Waals surface area contributed by atoms with Gasteiger partial charge in [-0.15, -0.1) is 0 Å². The van der Waals surface area contributed by atoms with Crippen molar-refractivity contribution in [1.82, 2.24) is 20.1 Å².